The highest BCUT2D eigenvalue weighted by atomic mass is 35.5. The Kier molecular flexibility index (Phi) is 8.81. The summed E-state index contributed by atoms with van der Waals surface area (Å²) in [5.41, 5.74) is 7.39. The van der Waals surface area contributed by atoms with E-state index in [2.05, 4.69) is 37.4 Å². The molecule has 0 spiro atoms. The van der Waals surface area contributed by atoms with Crippen molar-refractivity contribution in [1.29, 1.82) is 0 Å². The minimum atomic E-state index is 0. The van der Waals surface area contributed by atoms with Gasteiger partial charge in [-0.3, -0.25) is 0 Å². The van der Waals surface area contributed by atoms with E-state index in [0.717, 1.165) is 6.42 Å². The average Bonchev–Trinajstić information content (AvgIpc) is 2.29. The maximum absolute atomic E-state index is 6.12. The van der Waals surface area contributed by atoms with E-state index in [4.69, 9.17) is 5.73 Å². The van der Waals surface area contributed by atoms with E-state index in [1.807, 2.05) is 0 Å². The van der Waals surface area contributed by atoms with Crippen LogP contribution in [0, 0.1) is 0 Å². The Labute approximate surface area is 110 Å². The molecule has 0 fully saturated rings. The first-order valence-corrected chi connectivity index (χ1v) is 6.90. The lowest BCUT2D eigenvalue weighted by atomic mass is 10.0. The van der Waals surface area contributed by atoms with Gasteiger partial charge in [0.15, 0.2) is 0 Å². The number of thioether (sulfide) groups is 1. The van der Waals surface area contributed by atoms with Crippen molar-refractivity contribution >= 4 is 24.2 Å². The van der Waals surface area contributed by atoms with E-state index < -0.39 is 0 Å². The zero-order valence-electron chi connectivity index (χ0n) is 10.1. The summed E-state index contributed by atoms with van der Waals surface area (Å²) < 4.78 is 0. The molecule has 0 amide bonds. The topological polar surface area (TPSA) is 26.0 Å². The monoisotopic (exact) mass is 259 g/mol. The minimum Gasteiger partial charge on any atom is -0.324 e. The Bertz CT molecular complexity index is 274. The van der Waals surface area contributed by atoms with Gasteiger partial charge in [0.2, 0.25) is 0 Å². The molecule has 0 aliphatic carbocycles. The molecular formula is C13H22ClNS. The van der Waals surface area contributed by atoms with Crippen molar-refractivity contribution in [3.8, 4) is 0 Å². The summed E-state index contributed by atoms with van der Waals surface area (Å²) in [5, 5.41) is 0. The van der Waals surface area contributed by atoms with E-state index in [1.54, 1.807) is 11.8 Å². The van der Waals surface area contributed by atoms with Crippen molar-refractivity contribution in [3.05, 3.63) is 29.8 Å². The number of hydrogen-bond acceptors (Lipinski definition) is 2. The normalized spacial score (nSPS) is 11.9. The lowest BCUT2D eigenvalue weighted by Crippen LogP contribution is -2.09. The van der Waals surface area contributed by atoms with E-state index in [1.165, 1.54) is 29.7 Å². The van der Waals surface area contributed by atoms with Crippen LogP contribution >= 0.6 is 24.2 Å². The van der Waals surface area contributed by atoms with Crippen LogP contribution in [-0.2, 0) is 0 Å². The molecule has 0 saturated carbocycles. The predicted molar refractivity (Wildman–Crippen MR) is 76.5 cm³/mol. The molecule has 0 aliphatic heterocycles. The molecule has 16 heavy (non-hydrogen) atoms. The summed E-state index contributed by atoms with van der Waals surface area (Å²) in [5.74, 6) is 0. The van der Waals surface area contributed by atoms with E-state index in [0.29, 0.717) is 0 Å². The van der Waals surface area contributed by atoms with Crippen molar-refractivity contribution in [1.82, 2.24) is 0 Å². The Morgan fingerprint density at radius 3 is 2.31 bits per heavy atom. The van der Waals surface area contributed by atoms with Gasteiger partial charge in [-0.05, 0) is 30.4 Å². The van der Waals surface area contributed by atoms with E-state index in [-0.39, 0.29) is 18.4 Å². The van der Waals surface area contributed by atoms with Gasteiger partial charge >= 0.3 is 0 Å². The molecule has 0 heterocycles. The molecule has 0 saturated heterocycles. The van der Waals surface area contributed by atoms with Crippen molar-refractivity contribution in [2.45, 2.75) is 43.5 Å². The van der Waals surface area contributed by atoms with Crippen LogP contribution in [0.15, 0.2) is 29.2 Å². The summed E-state index contributed by atoms with van der Waals surface area (Å²) in [7, 11) is 0. The molecule has 0 radical (unpaired) electrons. The second-order valence-corrected chi connectivity index (χ2v) is 4.76. The number of nitrogens with two attached hydrogens (primary N) is 1. The predicted octanol–water partition coefficient (Wildman–Crippen LogP) is 4.41. The highest BCUT2D eigenvalue weighted by Gasteiger charge is 2.04. The zero-order valence-corrected chi connectivity index (χ0v) is 11.7. The van der Waals surface area contributed by atoms with E-state index in [9.17, 15) is 0 Å². The fourth-order valence-corrected chi connectivity index (χ4v) is 2.04. The van der Waals surface area contributed by atoms with Crippen molar-refractivity contribution in [2.75, 3.05) is 6.26 Å². The first kappa shape index (κ1) is 15.8. The van der Waals surface area contributed by atoms with Crippen LogP contribution < -0.4 is 5.73 Å². The van der Waals surface area contributed by atoms with Gasteiger partial charge in [0.25, 0.3) is 0 Å². The number of hydrogen-bond donors (Lipinski definition) is 1. The van der Waals surface area contributed by atoms with Crippen LogP contribution in [0.25, 0.3) is 0 Å². The second-order valence-electron chi connectivity index (χ2n) is 3.88. The standard InChI is InChI=1S/C13H21NS.ClH/c1-3-4-5-6-13(14)11-7-9-12(15-2)10-8-11;/h7-10,13H,3-6,14H2,1-2H3;1H/t13-;/m1./s1. The van der Waals surface area contributed by atoms with Crippen molar-refractivity contribution in [3.63, 3.8) is 0 Å². The summed E-state index contributed by atoms with van der Waals surface area (Å²) in [6, 6.07) is 8.83. The van der Waals surface area contributed by atoms with Gasteiger partial charge in [-0.15, -0.1) is 24.2 Å². The van der Waals surface area contributed by atoms with Crippen LogP contribution in [0.5, 0.6) is 0 Å². The van der Waals surface area contributed by atoms with Crippen molar-refractivity contribution < 1.29 is 0 Å². The maximum atomic E-state index is 6.12. The number of halogens is 1. The summed E-state index contributed by atoms with van der Waals surface area (Å²) >= 11 is 1.77. The van der Waals surface area contributed by atoms with Crippen molar-refractivity contribution in [2.24, 2.45) is 5.73 Å². The maximum Gasteiger partial charge on any atom is 0.0294 e. The average molecular weight is 260 g/mol. The smallest absolute Gasteiger partial charge is 0.0294 e. The van der Waals surface area contributed by atoms with Crippen LogP contribution in [0.2, 0.25) is 0 Å². The van der Waals surface area contributed by atoms with Gasteiger partial charge < -0.3 is 5.73 Å². The molecule has 3 heteroatoms. The molecule has 1 rings (SSSR count). The molecule has 0 bridgehead atoms. The highest BCUT2D eigenvalue weighted by Crippen LogP contribution is 2.21. The van der Waals surface area contributed by atoms with Gasteiger partial charge in [-0.1, -0.05) is 38.3 Å². The fourth-order valence-electron chi connectivity index (χ4n) is 1.63. The lowest BCUT2D eigenvalue weighted by Gasteiger charge is -2.11. The van der Waals surface area contributed by atoms with Gasteiger partial charge in [-0.2, -0.15) is 0 Å². The first-order valence-electron chi connectivity index (χ1n) is 5.67. The molecular weight excluding hydrogens is 238 g/mol. The third-order valence-electron chi connectivity index (χ3n) is 2.66. The Hall–Kier alpha value is -0.180. The SMILES string of the molecule is CCCCC[C@@H](N)c1ccc(SC)cc1.Cl. The Morgan fingerprint density at radius 2 is 1.81 bits per heavy atom. The fraction of sp³-hybridized carbons (Fsp3) is 0.538. The highest BCUT2D eigenvalue weighted by molar-refractivity contribution is 7.98. The molecule has 92 valence electrons. The molecule has 1 aromatic rings. The van der Waals surface area contributed by atoms with Gasteiger partial charge in [0.1, 0.15) is 0 Å². The minimum absolute atomic E-state index is 0. The molecule has 1 atom stereocenters. The number of rotatable bonds is 6. The Morgan fingerprint density at radius 1 is 1.19 bits per heavy atom. The summed E-state index contributed by atoms with van der Waals surface area (Å²) in [4.78, 5) is 1.31. The number of benzene rings is 1. The van der Waals surface area contributed by atoms with Crippen LogP contribution in [0.3, 0.4) is 0 Å². The molecule has 0 aromatic heterocycles. The molecule has 0 aliphatic rings. The largest absolute Gasteiger partial charge is 0.324 e. The van der Waals surface area contributed by atoms with Gasteiger partial charge in [0.05, 0.1) is 0 Å². The first-order chi connectivity index (χ1) is 7.27. The third kappa shape index (κ3) is 5.24. The van der Waals surface area contributed by atoms with Crippen LogP contribution in [-0.4, -0.2) is 6.26 Å². The van der Waals surface area contributed by atoms with Crippen LogP contribution in [0.1, 0.15) is 44.2 Å². The Balaban J connectivity index is 0.00000225. The summed E-state index contributed by atoms with van der Waals surface area (Å²) in [6.45, 7) is 2.22. The molecule has 1 nitrogen and oxygen atoms in total. The van der Waals surface area contributed by atoms with Crippen LogP contribution in [0.4, 0.5) is 0 Å². The second kappa shape index (κ2) is 8.91. The molecule has 0 unspecified atom stereocenters. The van der Waals surface area contributed by atoms with Gasteiger partial charge in [-0.25, -0.2) is 0 Å². The molecule has 1 aromatic carbocycles. The van der Waals surface area contributed by atoms with Gasteiger partial charge in [0, 0.05) is 10.9 Å². The quantitative estimate of drug-likeness (QED) is 0.605. The number of unbranched alkanes of at least 4 members (excludes halogenated alkanes) is 2. The zero-order chi connectivity index (χ0) is 11.1. The third-order valence-corrected chi connectivity index (χ3v) is 3.41. The molecule has 2 N–H and O–H groups in total. The van der Waals surface area contributed by atoms with E-state index >= 15 is 0 Å². The lowest BCUT2D eigenvalue weighted by molar-refractivity contribution is 0.581. The summed E-state index contributed by atoms with van der Waals surface area (Å²) in [6.07, 6.45) is 6.99.